The smallest absolute Gasteiger partial charge is 0.217 e. The molecule has 0 unspecified atom stereocenters. The first-order valence-corrected chi connectivity index (χ1v) is 4.88. The molecule has 0 heterocycles. The summed E-state index contributed by atoms with van der Waals surface area (Å²) in [5, 5.41) is 2.77. The fourth-order valence-electron chi connectivity index (χ4n) is 1.04. The van der Waals surface area contributed by atoms with Crippen molar-refractivity contribution in [2.75, 3.05) is 6.54 Å². The normalized spacial score (nSPS) is 13.9. The molecule has 0 radical (unpaired) electrons. The highest BCUT2D eigenvalue weighted by Gasteiger charge is 1.99. The zero-order chi connectivity index (χ0) is 10.1. The Labute approximate surface area is 80.7 Å². The van der Waals surface area contributed by atoms with Gasteiger partial charge in [0.05, 0.1) is 0 Å². The quantitative estimate of drug-likeness (QED) is 0.696. The lowest BCUT2D eigenvalue weighted by molar-refractivity contribution is -0.118. The fourth-order valence-corrected chi connectivity index (χ4v) is 1.04. The molecule has 74 valence electrons. The number of nitrogens with one attached hydrogen (secondary N) is 1. The van der Waals surface area contributed by atoms with E-state index in [1.807, 2.05) is 19.9 Å². The van der Waals surface area contributed by atoms with E-state index in [-0.39, 0.29) is 5.91 Å². The van der Waals surface area contributed by atoms with Crippen LogP contribution in [-0.4, -0.2) is 12.5 Å². The Bertz CT molecular complexity index is 204. The van der Waals surface area contributed by atoms with E-state index in [1.165, 1.54) is 5.57 Å². The molecule has 1 aliphatic carbocycles. The maximum atomic E-state index is 10.5. The van der Waals surface area contributed by atoms with Crippen LogP contribution in [0.25, 0.3) is 0 Å². The molecular weight excluding hydrogens is 162 g/mol. The number of carbonyl (C=O) groups excluding carboxylic acids is 1. The number of carbonyl (C=O) groups is 1. The molecule has 0 aromatic carbocycles. The first-order chi connectivity index (χ1) is 6.29. The van der Waals surface area contributed by atoms with Gasteiger partial charge in [-0.15, -0.1) is 0 Å². The van der Waals surface area contributed by atoms with Crippen LogP contribution in [0, 0.1) is 0 Å². The summed E-state index contributed by atoms with van der Waals surface area (Å²) in [6, 6.07) is 0. The highest BCUT2D eigenvalue weighted by molar-refractivity contribution is 5.73. The third-order valence-electron chi connectivity index (χ3n) is 1.66. The lowest BCUT2D eigenvalue weighted by Gasteiger charge is -2.08. The molecule has 0 saturated heterocycles. The third-order valence-corrected chi connectivity index (χ3v) is 1.66. The second kappa shape index (κ2) is 7.59. The number of rotatable bonds is 2. The molecule has 0 spiro atoms. The Hall–Kier alpha value is -1.05. The summed E-state index contributed by atoms with van der Waals surface area (Å²) in [6.07, 6.45) is 8.43. The molecule has 0 atom stereocenters. The molecule has 1 amide bonds. The second-order valence-electron chi connectivity index (χ2n) is 2.70. The maximum Gasteiger partial charge on any atom is 0.217 e. The third kappa shape index (κ3) is 6.14. The van der Waals surface area contributed by atoms with Crippen molar-refractivity contribution in [3.8, 4) is 0 Å². The zero-order valence-electron chi connectivity index (χ0n) is 8.76. The molecular formula is C11H19NO. The standard InChI is InChI=1S/C9H13NO.C2H6/c1-8(11)10-7-9-5-3-2-4-6-9;1-2/h2-3,5H,4,6-7H2,1H3,(H,10,11);1-2H3. The van der Waals surface area contributed by atoms with Gasteiger partial charge in [0.1, 0.15) is 0 Å². The van der Waals surface area contributed by atoms with E-state index in [1.54, 1.807) is 6.92 Å². The minimum absolute atomic E-state index is 0.0421. The van der Waals surface area contributed by atoms with Gasteiger partial charge in [-0.2, -0.15) is 0 Å². The molecule has 0 bridgehead atoms. The summed E-state index contributed by atoms with van der Waals surface area (Å²) < 4.78 is 0. The molecule has 2 nitrogen and oxygen atoms in total. The predicted octanol–water partition coefficient (Wildman–Crippen LogP) is 2.43. The number of amides is 1. The van der Waals surface area contributed by atoms with Crippen LogP contribution in [0.15, 0.2) is 23.8 Å². The van der Waals surface area contributed by atoms with Gasteiger partial charge in [-0.25, -0.2) is 0 Å². The largest absolute Gasteiger partial charge is 0.353 e. The number of hydrogen-bond acceptors (Lipinski definition) is 1. The van der Waals surface area contributed by atoms with E-state index >= 15 is 0 Å². The lowest BCUT2D eigenvalue weighted by atomic mass is 10.1. The van der Waals surface area contributed by atoms with Crippen molar-refractivity contribution in [3.05, 3.63) is 23.8 Å². The van der Waals surface area contributed by atoms with Crippen LogP contribution in [0.2, 0.25) is 0 Å². The van der Waals surface area contributed by atoms with Gasteiger partial charge in [-0.1, -0.05) is 37.6 Å². The van der Waals surface area contributed by atoms with E-state index in [4.69, 9.17) is 0 Å². The molecule has 13 heavy (non-hydrogen) atoms. The summed E-state index contributed by atoms with van der Waals surface area (Å²) >= 11 is 0. The summed E-state index contributed by atoms with van der Waals surface area (Å²) in [4.78, 5) is 10.5. The summed E-state index contributed by atoms with van der Waals surface area (Å²) in [6.45, 7) is 6.25. The first-order valence-electron chi connectivity index (χ1n) is 4.88. The summed E-state index contributed by atoms with van der Waals surface area (Å²) in [7, 11) is 0. The van der Waals surface area contributed by atoms with Crippen molar-refractivity contribution >= 4 is 5.91 Å². The van der Waals surface area contributed by atoms with E-state index in [0.29, 0.717) is 6.54 Å². The molecule has 0 aliphatic heterocycles. The van der Waals surface area contributed by atoms with Gasteiger partial charge in [-0.3, -0.25) is 4.79 Å². The Kier molecular flexibility index (Phi) is 6.98. The molecule has 0 saturated carbocycles. The van der Waals surface area contributed by atoms with Gasteiger partial charge >= 0.3 is 0 Å². The summed E-state index contributed by atoms with van der Waals surface area (Å²) in [5.41, 5.74) is 1.31. The van der Waals surface area contributed by atoms with E-state index in [0.717, 1.165) is 12.8 Å². The van der Waals surface area contributed by atoms with Gasteiger partial charge in [0.25, 0.3) is 0 Å². The van der Waals surface area contributed by atoms with Crippen molar-refractivity contribution < 1.29 is 4.79 Å². The number of hydrogen-bond donors (Lipinski definition) is 1. The van der Waals surface area contributed by atoms with Gasteiger partial charge in [0.2, 0.25) is 5.91 Å². The molecule has 0 aromatic rings. The highest BCUT2D eigenvalue weighted by atomic mass is 16.1. The Morgan fingerprint density at radius 2 is 2.23 bits per heavy atom. The Morgan fingerprint density at radius 3 is 2.69 bits per heavy atom. The van der Waals surface area contributed by atoms with E-state index in [2.05, 4.69) is 17.5 Å². The molecule has 0 fully saturated rings. The minimum Gasteiger partial charge on any atom is -0.353 e. The molecule has 2 heteroatoms. The van der Waals surface area contributed by atoms with Crippen LogP contribution in [-0.2, 0) is 4.79 Å². The summed E-state index contributed by atoms with van der Waals surface area (Å²) in [5.74, 6) is 0.0421. The molecule has 1 N–H and O–H groups in total. The van der Waals surface area contributed by atoms with Crippen LogP contribution in [0.5, 0.6) is 0 Å². The SMILES string of the molecule is CC.CC(=O)NCC1=CC=CCC1. The van der Waals surface area contributed by atoms with Crippen LogP contribution in [0.3, 0.4) is 0 Å². The van der Waals surface area contributed by atoms with Gasteiger partial charge in [0, 0.05) is 13.5 Å². The van der Waals surface area contributed by atoms with Crippen molar-refractivity contribution in [1.29, 1.82) is 0 Å². The lowest BCUT2D eigenvalue weighted by Crippen LogP contribution is -2.22. The number of allylic oxidation sites excluding steroid dienone is 3. The molecule has 0 aromatic heterocycles. The second-order valence-corrected chi connectivity index (χ2v) is 2.70. The van der Waals surface area contributed by atoms with Crippen molar-refractivity contribution in [1.82, 2.24) is 5.32 Å². The molecule has 1 rings (SSSR count). The maximum absolute atomic E-state index is 10.5. The van der Waals surface area contributed by atoms with E-state index in [9.17, 15) is 4.79 Å². The van der Waals surface area contributed by atoms with Gasteiger partial charge < -0.3 is 5.32 Å². The van der Waals surface area contributed by atoms with Crippen molar-refractivity contribution in [2.45, 2.75) is 33.6 Å². The van der Waals surface area contributed by atoms with Gasteiger partial charge in [0.15, 0.2) is 0 Å². The van der Waals surface area contributed by atoms with Crippen LogP contribution in [0.1, 0.15) is 33.6 Å². The first kappa shape index (κ1) is 11.9. The molecule has 1 aliphatic rings. The predicted molar refractivity (Wildman–Crippen MR) is 56.5 cm³/mol. The average molecular weight is 181 g/mol. The van der Waals surface area contributed by atoms with Gasteiger partial charge in [-0.05, 0) is 12.8 Å². The Balaban J connectivity index is 0.000000671. The zero-order valence-corrected chi connectivity index (χ0v) is 8.76. The van der Waals surface area contributed by atoms with Crippen LogP contribution in [0.4, 0.5) is 0 Å². The van der Waals surface area contributed by atoms with Crippen LogP contribution >= 0.6 is 0 Å². The average Bonchev–Trinajstić information content (AvgIpc) is 2.19. The van der Waals surface area contributed by atoms with E-state index < -0.39 is 0 Å². The van der Waals surface area contributed by atoms with Crippen molar-refractivity contribution in [2.24, 2.45) is 0 Å². The highest BCUT2D eigenvalue weighted by Crippen LogP contribution is 2.09. The topological polar surface area (TPSA) is 29.1 Å². The van der Waals surface area contributed by atoms with Crippen molar-refractivity contribution in [3.63, 3.8) is 0 Å². The monoisotopic (exact) mass is 181 g/mol. The minimum atomic E-state index is 0.0421. The fraction of sp³-hybridized carbons (Fsp3) is 0.545. The Morgan fingerprint density at radius 1 is 1.54 bits per heavy atom. The van der Waals surface area contributed by atoms with Crippen LogP contribution < -0.4 is 5.32 Å².